The molecule has 0 aliphatic carbocycles. The van der Waals surface area contributed by atoms with Crippen molar-refractivity contribution < 1.29 is 0 Å². The Bertz CT molecular complexity index is 8950. The lowest BCUT2D eigenvalue weighted by Gasteiger charge is -2.17. The zero-order chi connectivity index (χ0) is 85.3. The predicted molar refractivity (Wildman–Crippen MR) is 536 cm³/mol. The average molecular weight is 1650 g/mol. The molecular weight excluding hydrogens is 1570 g/mol. The van der Waals surface area contributed by atoms with Gasteiger partial charge < -0.3 is 18.3 Å². The third-order valence-electron chi connectivity index (χ3n) is 26.0. The molecule has 25 rings (SSSR count). The first kappa shape index (κ1) is 74.3. The van der Waals surface area contributed by atoms with Gasteiger partial charge in [0, 0.05) is 93.4 Å². The van der Waals surface area contributed by atoms with Crippen molar-refractivity contribution in [3.8, 4) is 124 Å². The standard InChI is InChI=1S/C119H76N10/c1-3-4-37-90-74(2)126(107-50-25-44-100-96-42-20-22-48-106(96)129(113(100)107)104-49-23-36-79-29-15-16-38-92(79)104)111-99(90)43-24-46-103(111)119-124-115(82-32-9-6-10-33-82)123-118(125-119)102-69-68-91(93-39-17-18-40-94(93)102)80-57-52-78(53-58-80)87-63-66-98-101-45-26-51-108(112(101)127(109(98)72-87)89-65-62-76-28-12-14-35-85(76)71-89)128-105-47-21-19-41-95(105)97-67-64-88(73-110(97)128)117-121-114(81-30-7-5-8-31-81)120-116(122-117)83-59-54-77(55-60-83)86-61-56-75-27-11-13-34-84(75)70-86/h3-73H,1H2,2H3/b37-4-. The molecule has 0 radical (unpaired) electrons. The summed E-state index contributed by atoms with van der Waals surface area (Å²) in [6.07, 6.45) is 6.05. The third-order valence-corrected chi connectivity index (χ3v) is 26.0. The Morgan fingerprint density at radius 1 is 0.217 bits per heavy atom. The molecule has 129 heavy (non-hydrogen) atoms. The second kappa shape index (κ2) is 30.3. The van der Waals surface area contributed by atoms with E-state index in [0.717, 1.165) is 188 Å². The summed E-state index contributed by atoms with van der Waals surface area (Å²) >= 11 is 0. The third kappa shape index (κ3) is 12.3. The Morgan fingerprint density at radius 3 is 1.29 bits per heavy atom. The molecule has 6 heterocycles. The van der Waals surface area contributed by atoms with Crippen LogP contribution in [0.3, 0.4) is 0 Å². The molecule has 19 aromatic carbocycles. The minimum atomic E-state index is 0.559. The van der Waals surface area contributed by atoms with E-state index in [0.29, 0.717) is 34.9 Å². The number of benzene rings is 19. The molecule has 0 amide bonds. The van der Waals surface area contributed by atoms with Gasteiger partial charge in [-0.3, -0.25) is 0 Å². The van der Waals surface area contributed by atoms with Crippen LogP contribution in [0, 0.1) is 6.92 Å². The molecule has 0 bridgehead atoms. The Balaban J connectivity index is 0.607. The van der Waals surface area contributed by atoms with Gasteiger partial charge in [0.2, 0.25) is 0 Å². The van der Waals surface area contributed by atoms with E-state index in [1.54, 1.807) is 0 Å². The van der Waals surface area contributed by atoms with Gasteiger partial charge in [-0.25, -0.2) is 29.9 Å². The number of hydrogen-bond acceptors (Lipinski definition) is 6. The summed E-state index contributed by atoms with van der Waals surface area (Å²) in [5.41, 5.74) is 25.9. The van der Waals surface area contributed by atoms with Gasteiger partial charge in [-0.15, -0.1) is 0 Å². The van der Waals surface area contributed by atoms with Crippen LogP contribution in [0.5, 0.6) is 0 Å². The van der Waals surface area contributed by atoms with Crippen LogP contribution in [0.15, 0.2) is 431 Å². The van der Waals surface area contributed by atoms with Crippen molar-refractivity contribution in [2.24, 2.45) is 0 Å². The highest BCUT2D eigenvalue weighted by Gasteiger charge is 2.28. The molecular formula is C119H76N10. The first-order valence-electron chi connectivity index (χ1n) is 43.7. The normalized spacial score (nSPS) is 11.9. The summed E-state index contributed by atoms with van der Waals surface area (Å²) in [5, 5.41) is 17.1. The van der Waals surface area contributed by atoms with Crippen LogP contribution < -0.4 is 0 Å². The average Bonchev–Trinajstić information content (AvgIpc) is 1.55. The van der Waals surface area contributed by atoms with E-state index < -0.39 is 0 Å². The number of fused-ring (bicyclic) bond motifs is 14. The number of nitrogens with zero attached hydrogens (tertiary/aromatic N) is 10. The molecule has 0 spiro atoms. The molecule has 25 aromatic rings. The fraction of sp³-hybridized carbons (Fsp3) is 0.00840. The Morgan fingerprint density at radius 2 is 0.620 bits per heavy atom. The molecule has 0 aliphatic heterocycles. The maximum Gasteiger partial charge on any atom is 0.166 e. The van der Waals surface area contributed by atoms with E-state index in [-0.39, 0.29) is 0 Å². The maximum atomic E-state index is 5.66. The van der Waals surface area contributed by atoms with Gasteiger partial charge in [0.05, 0.1) is 55.7 Å². The van der Waals surface area contributed by atoms with Crippen molar-refractivity contribution >= 4 is 125 Å². The summed E-state index contributed by atoms with van der Waals surface area (Å²) < 4.78 is 9.84. The number of rotatable bonds is 15. The lowest BCUT2D eigenvalue weighted by atomic mass is 9.93. The van der Waals surface area contributed by atoms with Gasteiger partial charge in [0.25, 0.3) is 0 Å². The smallest absolute Gasteiger partial charge is 0.166 e. The number of hydrogen-bond donors (Lipinski definition) is 0. The summed E-state index contributed by atoms with van der Waals surface area (Å²) in [5.74, 6) is 3.49. The van der Waals surface area contributed by atoms with Crippen molar-refractivity contribution in [3.63, 3.8) is 0 Å². The molecule has 0 unspecified atom stereocenters. The van der Waals surface area contributed by atoms with Crippen LogP contribution >= 0.6 is 0 Å². The highest BCUT2D eigenvalue weighted by Crippen LogP contribution is 2.47. The van der Waals surface area contributed by atoms with Crippen molar-refractivity contribution in [2.75, 3.05) is 0 Å². The monoisotopic (exact) mass is 1640 g/mol. The maximum absolute atomic E-state index is 5.66. The topological polar surface area (TPSA) is 97.1 Å². The lowest BCUT2D eigenvalue weighted by molar-refractivity contribution is 1.04. The molecule has 0 N–H and O–H groups in total. The number of aromatic nitrogens is 10. The van der Waals surface area contributed by atoms with E-state index in [9.17, 15) is 0 Å². The lowest BCUT2D eigenvalue weighted by Crippen LogP contribution is -2.05. The molecule has 602 valence electrons. The summed E-state index contributed by atoms with van der Waals surface area (Å²) in [6.45, 7) is 6.36. The van der Waals surface area contributed by atoms with Gasteiger partial charge in [0.1, 0.15) is 0 Å². The molecule has 0 atom stereocenters. The highest BCUT2D eigenvalue weighted by molar-refractivity contribution is 6.18. The van der Waals surface area contributed by atoms with Crippen LogP contribution in [-0.2, 0) is 0 Å². The van der Waals surface area contributed by atoms with E-state index in [1.165, 1.54) is 32.3 Å². The largest absolute Gasteiger partial charge is 0.310 e. The zero-order valence-corrected chi connectivity index (χ0v) is 70.2. The van der Waals surface area contributed by atoms with Crippen LogP contribution in [0.1, 0.15) is 11.3 Å². The van der Waals surface area contributed by atoms with Gasteiger partial charge in [-0.2, -0.15) is 0 Å². The van der Waals surface area contributed by atoms with Crippen molar-refractivity contribution in [1.82, 2.24) is 48.2 Å². The van der Waals surface area contributed by atoms with E-state index in [4.69, 9.17) is 29.9 Å². The molecule has 0 saturated heterocycles. The minimum absolute atomic E-state index is 0.559. The van der Waals surface area contributed by atoms with Crippen LogP contribution in [0.25, 0.3) is 250 Å². The first-order valence-corrected chi connectivity index (χ1v) is 43.7. The molecule has 6 aromatic heterocycles. The quantitative estimate of drug-likeness (QED) is 0.0949. The van der Waals surface area contributed by atoms with E-state index >= 15 is 0 Å². The Hall–Kier alpha value is -17.3. The van der Waals surface area contributed by atoms with Gasteiger partial charge >= 0.3 is 0 Å². The van der Waals surface area contributed by atoms with Crippen molar-refractivity contribution in [1.29, 1.82) is 0 Å². The van der Waals surface area contributed by atoms with Gasteiger partial charge in [0.15, 0.2) is 34.9 Å². The molecule has 0 aliphatic rings. The fourth-order valence-corrected chi connectivity index (χ4v) is 20.0. The second-order valence-corrected chi connectivity index (χ2v) is 33.3. The Labute approximate surface area is 742 Å². The Kier molecular flexibility index (Phi) is 17.4. The first-order chi connectivity index (χ1) is 63.8. The van der Waals surface area contributed by atoms with Crippen LogP contribution in [0.2, 0.25) is 0 Å². The predicted octanol–water partition coefficient (Wildman–Crippen LogP) is 30.4. The van der Waals surface area contributed by atoms with Crippen molar-refractivity contribution in [3.05, 3.63) is 443 Å². The SMILES string of the molecule is C=C/C=C\c1c(C)n(-c2cccc3c4ccccc4n(-c4cccc5ccccc45)c23)c2c(-c3nc(-c4ccccc4)nc(-c4ccc(-c5ccc(-c6ccc7c8cccc(-n9c%10ccccc%10c%10ccc(-c%11nc(-c%12ccccc%12)nc(-c%12ccc(-c%13ccc%14ccccc%14c%13)cc%12)n%11)cc%109)c8n(-c8ccc9ccccc9c8)c7c6)cc5)c5ccccc45)n3)cccc12. The van der Waals surface area contributed by atoms with Crippen LogP contribution in [0.4, 0.5) is 0 Å². The molecule has 10 nitrogen and oxygen atoms in total. The van der Waals surface area contributed by atoms with Crippen molar-refractivity contribution in [2.45, 2.75) is 6.92 Å². The molecule has 10 heteroatoms. The van der Waals surface area contributed by atoms with E-state index in [2.05, 4.69) is 414 Å². The van der Waals surface area contributed by atoms with Gasteiger partial charge in [-0.1, -0.05) is 365 Å². The second-order valence-electron chi connectivity index (χ2n) is 33.3. The van der Waals surface area contributed by atoms with E-state index in [1.807, 2.05) is 48.6 Å². The molecule has 0 fully saturated rings. The number of para-hydroxylation sites is 5. The summed E-state index contributed by atoms with van der Waals surface area (Å²) in [4.78, 5) is 32.5. The zero-order valence-electron chi connectivity index (χ0n) is 70.2. The highest BCUT2D eigenvalue weighted by atomic mass is 15.1. The minimum Gasteiger partial charge on any atom is -0.310 e. The van der Waals surface area contributed by atoms with Gasteiger partial charge in [-0.05, 0) is 151 Å². The molecule has 0 saturated carbocycles. The fourth-order valence-electron chi connectivity index (χ4n) is 20.0. The number of allylic oxidation sites excluding steroid dienone is 2. The summed E-state index contributed by atoms with van der Waals surface area (Å²) in [7, 11) is 0. The van der Waals surface area contributed by atoms with Crippen LogP contribution in [-0.4, -0.2) is 48.2 Å². The summed E-state index contributed by atoms with van der Waals surface area (Å²) in [6, 6.07) is 148.